The van der Waals surface area contributed by atoms with Crippen LogP contribution in [0, 0.1) is 0 Å². The van der Waals surface area contributed by atoms with Crippen molar-refractivity contribution in [2.45, 2.75) is 4.90 Å². The third-order valence-electron chi connectivity index (χ3n) is 6.73. The molecule has 47 heavy (non-hydrogen) atoms. The molecule has 12 heteroatoms. The molecule has 4 aromatic rings. The Balaban J connectivity index is 1.48. The van der Waals surface area contributed by atoms with E-state index in [0.29, 0.717) is 51.2 Å². The molecule has 0 unspecified atom stereocenters. The van der Waals surface area contributed by atoms with Gasteiger partial charge < -0.3 is 39.6 Å². The van der Waals surface area contributed by atoms with E-state index in [0.717, 1.165) is 4.90 Å². The van der Waals surface area contributed by atoms with Gasteiger partial charge in [-0.1, -0.05) is 18.2 Å². The second-order valence-electron chi connectivity index (χ2n) is 9.71. The molecular formula is C35H35N3O8S. The Kier molecular flexibility index (Phi) is 12.1. The maximum atomic E-state index is 13.6. The lowest BCUT2D eigenvalue weighted by molar-refractivity contribution is -0.114. The Hall–Kier alpha value is -5.62. The van der Waals surface area contributed by atoms with E-state index in [1.165, 1.54) is 46.3 Å². The first-order chi connectivity index (χ1) is 22.8. The fraction of sp³-hybridized carbons (Fsp3) is 0.171. The summed E-state index contributed by atoms with van der Waals surface area (Å²) >= 11 is 1.33. The summed E-state index contributed by atoms with van der Waals surface area (Å²) in [5.74, 6) is 1.25. The minimum atomic E-state index is -0.570. The molecule has 0 atom stereocenters. The first kappa shape index (κ1) is 34.3. The minimum Gasteiger partial charge on any atom is -0.497 e. The molecule has 3 N–H and O–H groups in total. The third kappa shape index (κ3) is 9.21. The lowest BCUT2D eigenvalue weighted by Gasteiger charge is -2.15. The Bertz CT molecular complexity index is 1740. The zero-order valence-corrected chi connectivity index (χ0v) is 27.4. The molecule has 4 rings (SSSR count). The number of nitrogens with one attached hydrogen (secondary N) is 3. The lowest BCUT2D eigenvalue weighted by Crippen LogP contribution is -2.30. The van der Waals surface area contributed by atoms with Crippen LogP contribution in [0.3, 0.4) is 0 Å². The number of hydrogen-bond donors (Lipinski definition) is 3. The van der Waals surface area contributed by atoms with Crippen LogP contribution in [-0.4, -0.2) is 59.0 Å². The fourth-order valence-electron chi connectivity index (χ4n) is 4.33. The standard InChI is InChI=1S/C35H35N3O8S/c1-42-25-13-16-27(30(19-25)44-3)37-33(39)21-47-26-14-11-24(12-15-26)36-35(41)28(38-34(40)22-9-7-6-8-10-22)17-23-18-31(45-4)32(46-5)20-29(23)43-2/h6-20H,21H2,1-5H3,(H,36,41)(H,37,39)(H,38,40)/b28-17-. The van der Waals surface area contributed by atoms with E-state index in [-0.39, 0.29) is 17.4 Å². The summed E-state index contributed by atoms with van der Waals surface area (Å²) in [6, 6.07) is 23.9. The van der Waals surface area contributed by atoms with Gasteiger partial charge in [0.25, 0.3) is 11.8 Å². The molecule has 0 saturated carbocycles. The first-order valence-corrected chi connectivity index (χ1v) is 15.2. The van der Waals surface area contributed by atoms with Crippen LogP contribution in [-0.2, 0) is 9.59 Å². The molecule has 0 aliphatic rings. The summed E-state index contributed by atoms with van der Waals surface area (Å²) < 4.78 is 26.8. The molecule has 0 aliphatic carbocycles. The number of rotatable bonds is 14. The van der Waals surface area contributed by atoms with Crippen LogP contribution in [0.5, 0.6) is 28.7 Å². The molecule has 0 aliphatic heterocycles. The highest BCUT2D eigenvalue weighted by atomic mass is 32.2. The van der Waals surface area contributed by atoms with Gasteiger partial charge in [0.15, 0.2) is 11.5 Å². The Morgan fingerprint density at radius 1 is 0.681 bits per heavy atom. The largest absolute Gasteiger partial charge is 0.497 e. The van der Waals surface area contributed by atoms with Gasteiger partial charge in [-0.15, -0.1) is 11.8 Å². The zero-order valence-electron chi connectivity index (χ0n) is 26.5. The van der Waals surface area contributed by atoms with Gasteiger partial charge in [-0.05, 0) is 60.7 Å². The van der Waals surface area contributed by atoms with Crippen molar-refractivity contribution in [1.82, 2.24) is 5.32 Å². The Morgan fingerprint density at radius 2 is 1.34 bits per heavy atom. The van der Waals surface area contributed by atoms with Crippen LogP contribution < -0.4 is 39.6 Å². The van der Waals surface area contributed by atoms with Gasteiger partial charge >= 0.3 is 0 Å². The maximum absolute atomic E-state index is 13.6. The highest BCUT2D eigenvalue weighted by Gasteiger charge is 2.18. The van der Waals surface area contributed by atoms with E-state index in [1.807, 2.05) is 0 Å². The molecule has 11 nitrogen and oxygen atoms in total. The highest BCUT2D eigenvalue weighted by Crippen LogP contribution is 2.36. The molecule has 0 spiro atoms. The van der Waals surface area contributed by atoms with E-state index < -0.39 is 11.8 Å². The van der Waals surface area contributed by atoms with E-state index in [9.17, 15) is 14.4 Å². The molecule has 0 aromatic heterocycles. The van der Waals surface area contributed by atoms with Crippen molar-refractivity contribution < 1.29 is 38.1 Å². The lowest BCUT2D eigenvalue weighted by atomic mass is 10.1. The number of carbonyl (C=O) groups excluding carboxylic acids is 3. The van der Waals surface area contributed by atoms with Crippen LogP contribution in [0.1, 0.15) is 15.9 Å². The average molecular weight is 658 g/mol. The Labute approximate surface area is 277 Å². The van der Waals surface area contributed by atoms with Crippen molar-refractivity contribution >= 4 is 46.9 Å². The molecule has 0 saturated heterocycles. The smallest absolute Gasteiger partial charge is 0.272 e. The van der Waals surface area contributed by atoms with Gasteiger partial charge in [-0.25, -0.2) is 0 Å². The van der Waals surface area contributed by atoms with Crippen LogP contribution in [0.25, 0.3) is 6.08 Å². The number of thioether (sulfide) groups is 1. The van der Waals surface area contributed by atoms with Crippen LogP contribution in [0.4, 0.5) is 11.4 Å². The summed E-state index contributed by atoms with van der Waals surface area (Å²) in [5.41, 5.74) is 1.83. The number of hydrogen-bond acceptors (Lipinski definition) is 9. The molecule has 3 amide bonds. The summed E-state index contributed by atoms with van der Waals surface area (Å²) in [4.78, 5) is 40.1. The van der Waals surface area contributed by atoms with Crippen molar-refractivity contribution in [2.75, 3.05) is 51.9 Å². The van der Waals surface area contributed by atoms with E-state index in [4.69, 9.17) is 23.7 Å². The second kappa shape index (κ2) is 16.6. The summed E-state index contributed by atoms with van der Waals surface area (Å²) in [7, 11) is 7.55. The fourth-order valence-corrected chi connectivity index (χ4v) is 5.03. The summed E-state index contributed by atoms with van der Waals surface area (Å²) in [6.07, 6.45) is 1.50. The van der Waals surface area contributed by atoms with Crippen molar-refractivity contribution in [2.24, 2.45) is 0 Å². The number of benzene rings is 4. The van der Waals surface area contributed by atoms with E-state index >= 15 is 0 Å². The number of anilines is 2. The van der Waals surface area contributed by atoms with Crippen molar-refractivity contribution in [1.29, 1.82) is 0 Å². The van der Waals surface area contributed by atoms with Crippen molar-refractivity contribution in [3.63, 3.8) is 0 Å². The quantitative estimate of drug-likeness (QED) is 0.112. The highest BCUT2D eigenvalue weighted by molar-refractivity contribution is 8.00. The SMILES string of the molecule is COc1ccc(NC(=O)CSc2ccc(NC(=O)/C(=C/c3cc(OC)c(OC)cc3OC)NC(=O)c3ccccc3)cc2)c(OC)c1. The third-order valence-corrected chi connectivity index (χ3v) is 7.74. The molecular weight excluding hydrogens is 622 g/mol. The molecule has 0 fully saturated rings. The van der Waals surface area contributed by atoms with Gasteiger partial charge in [0.05, 0.1) is 47.0 Å². The average Bonchev–Trinajstić information content (AvgIpc) is 3.11. The van der Waals surface area contributed by atoms with Gasteiger partial charge in [-0.2, -0.15) is 0 Å². The molecule has 4 aromatic carbocycles. The molecule has 0 heterocycles. The summed E-state index contributed by atoms with van der Waals surface area (Å²) in [6.45, 7) is 0. The Morgan fingerprint density at radius 3 is 1.98 bits per heavy atom. The number of ether oxygens (including phenoxy) is 5. The molecule has 0 bridgehead atoms. The van der Waals surface area contributed by atoms with Gasteiger partial charge in [0.1, 0.15) is 22.9 Å². The number of methoxy groups -OCH3 is 5. The van der Waals surface area contributed by atoms with Crippen molar-refractivity contribution in [3.05, 3.63) is 102 Å². The van der Waals surface area contributed by atoms with Gasteiger partial charge in [-0.3, -0.25) is 14.4 Å². The number of amides is 3. The summed E-state index contributed by atoms with van der Waals surface area (Å²) in [5, 5.41) is 8.38. The number of carbonyl (C=O) groups is 3. The van der Waals surface area contributed by atoms with Crippen molar-refractivity contribution in [3.8, 4) is 28.7 Å². The van der Waals surface area contributed by atoms with E-state index in [2.05, 4.69) is 16.0 Å². The maximum Gasteiger partial charge on any atom is 0.272 e. The predicted molar refractivity (Wildman–Crippen MR) is 182 cm³/mol. The zero-order chi connectivity index (χ0) is 33.8. The molecule has 0 radical (unpaired) electrons. The normalized spacial score (nSPS) is 10.8. The second-order valence-corrected chi connectivity index (χ2v) is 10.8. The van der Waals surface area contributed by atoms with Gasteiger partial charge in [0.2, 0.25) is 5.91 Å². The predicted octanol–water partition coefficient (Wildman–Crippen LogP) is 5.87. The van der Waals surface area contributed by atoms with Crippen LogP contribution >= 0.6 is 11.8 Å². The minimum absolute atomic E-state index is 0.0338. The van der Waals surface area contributed by atoms with E-state index in [1.54, 1.807) is 92.0 Å². The van der Waals surface area contributed by atoms with Crippen LogP contribution in [0.2, 0.25) is 0 Å². The first-order valence-electron chi connectivity index (χ1n) is 14.2. The molecule has 244 valence electrons. The van der Waals surface area contributed by atoms with Crippen LogP contribution in [0.15, 0.2) is 95.5 Å². The topological polar surface area (TPSA) is 133 Å². The monoisotopic (exact) mass is 657 g/mol. The van der Waals surface area contributed by atoms with Gasteiger partial charge in [0, 0.05) is 33.8 Å².